The van der Waals surface area contributed by atoms with E-state index >= 15 is 0 Å². The minimum absolute atomic E-state index is 0.367. The van der Waals surface area contributed by atoms with Gasteiger partial charge in [0.1, 0.15) is 12.1 Å². The molecule has 2 N–H and O–H groups in total. The summed E-state index contributed by atoms with van der Waals surface area (Å²) in [7, 11) is 0. The topological polar surface area (TPSA) is 78.5 Å². The normalized spacial score (nSPS) is 18.8. The first kappa shape index (κ1) is 19.0. The van der Waals surface area contributed by atoms with E-state index in [9.17, 15) is 14.4 Å². The Labute approximate surface area is 172 Å². The van der Waals surface area contributed by atoms with Crippen LogP contribution < -0.4 is 10.6 Å². The predicted molar refractivity (Wildman–Crippen MR) is 112 cm³/mol. The quantitative estimate of drug-likeness (QED) is 0.644. The van der Waals surface area contributed by atoms with Crippen LogP contribution in [-0.4, -0.2) is 29.3 Å². The Morgan fingerprint density at radius 1 is 1.03 bits per heavy atom. The first-order valence-electron chi connectivity index (χ1n) is 9.06. The molecule has 4 amide bonds. The van der Waals surface area contributed by atoms with Gasteiger partial charge in [-0.2, -0.15) is 0 Å². The highest BCUT2D eigenvalue weighted by atomic mass is 35.5. The van der Waals surface area contributed by atoms with Crippen molar-refractivity contribution in [1.29, 1.82) is 0 Å². The maximum Gasteiger partial charge on any atom is 0.325 e. The lowest BCUT2D eigenvalue weighted by Gasteiger charge is -2.23. The fraction of sp³-hybridized carbons (Fsp3) is 0.136. The summed E-state index contributed by atoms with van der Waals surface area (Å²) in [6.07, 6.45) is 0. The fourth-order valence-electron chi connectivity index (χ4n) is 3.50. The van der Waals surface area contributed by atoms with Crippen LogP contribution in [0, 0.1) is 0 Å². The lowest BCUT2D eigenvalue weighted by atomic mass is 9.92. The molecule has 0 aromatic heterocycles. The molecule has 6 nitrogen and oxygen atoms in total. The van der Waals surface area contributed by atoms with Crippen molar-refractivity contribution in [2.75, 3.05) is 11.9 Å². The number of carbonyl (C=O) groups excluding carboxylic acids is 3. The second-order valence-electron chi connectivity index (χ2n) is 7.04. The molecule has 3 aromatic carbocycles. The Bertz CT molecular complexity index is 1150. The number of anilines is 1. The first-order chi connectivity index (χ1) is 13.9. The number of nitrogens with one attached hydrogen (secondary N) is 2. The van der Waals surface area contributed by atoms with Gasteiger partial charge in [0.05, 0.1) is 0 Å². The molecule has 0 bridgehead atoms. The van der Waals surface area contributed by atoms with Crippen molar-refractivity contribution in [3.8, 4) is 0 Å². The average Bonchev–Trinajstić information content (AvgIpc) is 2.92. The molecular weight excluding hydrogens is 390 g/mol. The number of carbonyl (C=O) groups is 3. The standard InChI is InChI=1S/C22H18ClN3O3/c1-22(17-8-4-5-9-18(17)23)20(28)26(21(29)25-22)13-19(27)24-16-11-10-14-6-2-3-7-15(14)12-16/h2-12H,13H2,1H3,(H,24,27)(H,25,29)/t22-/m0/s1. The summed E-state index contributed by atoms with van der Waals surface area (Å²) in [6.45, 7) is 1.19. The third-order valence-corrected chi connectivity index (χ3v) is 5.35. The van der Waals surface area contributed by atoms with Crippen LogP contribution in [0.1, 0.15) is 12.5 Å². The molecule has 1 atom stereocenters. The summed E-state index contributed by atoms with van der Waals surface area (Å²) in [5, 5.41) is 7.79. The lowest BCUT2D eigenvalue weighted by molar-refractivity contribution is -0.133. The zero-order valence-corrected chi connectivity index (χ0v) is 16.4. The minimum atomic E-state index is -1.32. The average molecular weight is 408 g/mol. The number of halogens is 1. The van der Waals surface area contributed by atoms with Crippen molar-refractivity contribution >= 4 is 45.9 Å². The molecule has 0 radical (unpaired) electrons. The molecule has 1 fully saturated rings. The van der Waals surface area contributed by atoms with Crippen molar-refractivity contribution in [3.05, 3.63) is 77.3 Å². The van der Waals surface area contributed by atoms with Crippen LogP contribution in [0.2, 0.25) is 5.02 Å². The van der Waals surface area contributed by atoms with Crippen LogP contribution in [-0.2, 0) is 15.1 Å². The van der Waals surface area contributed by atoms with Crippen molar-refractivity contribution in [1.82, 2.24) is 10.2 Å². The molecule has 29 heavy (non-hydrogen) atoms. The number of hydrogen-bond acceptors (Lipinski definition) is 3. The number of hydrogen-bond donors (Lipinski definition) is 2. The van der Waals surface area contributed by atoms with E-state index in [0.717, 1.165) is 15.7 Å². The smallest absolute Gasteiger partial charge is 0.325 e. The fourth-order valence-corrected chi connectivity index (χ4v) is 3.83. The maximum atomic E-state index is 13.0. The van der Waals surface area contributed by atoms with E-state index in [0.29, 0.717) is 16.3 Å². The van der Waals surface area contributed by atoms with E-state index < -0.39 is 29.9 Å². The highest BCUT2D eigenvalue weighted by Gasteiger charge is 2.50. The first-order valence-corrected chi connectivity index (χ1v) is 9.44. The van der Waals surface area contributed by atoms with Gasteiger partial charge in [0.25, 0.3) is 5.91 Å². The molecule has 1 aliphatic heterocycles. The van der Waals surface area contributed by atoms with Crippen molar-refractivity contribution in [2.24, 2.45) is 0 Å². The van der Waals surface area contributed by atoms with Crippen LogP contribution in [0.4, 0.5) is 10.5 Å². The minimum Gasteiger partial charge on any atom is -0.325 e. The second kappa shape index (κ2) is 7.22. The van der Waals surface area contributed by atoms with Gasteiger partial charge in [-0.1, -0.05) is 60.1 Å². The van der Waals surface area contributed by atoms with E-state index in [-0.39, 0.29) is 0 Å². The van der Waals surface area contributed by atoms with Gasteiger partial charge in [0.15, 0.2) is 0 Å². The Morgan fingerprint density at radius 2 is 1.72 bits per heavy atom. The monoisotopic (exact) mass is 407 g/mol. The molecule has 0 spiro atoms. The van der Waals surface area contributed by atoms with Crippen LogP contribution in [0.3, 0.4) is 0 Å². The molecule has 0 saturated carbocycles. The summed E-state index contributed by atoms with van der Waals surface area (Å²) >= 11 is 6.21. The van der Waals surface area contributed by atoms with E-state index in [1.165, 1.54) is 0 Å². The van der Waals surface area contributed by atoms with E-state index in [2.05, 4.69) is 10.6 Å². The molecule has 146 valence electrons. The van der Waals surface area contributed by atoms with Crippen LogP contribution in [0.15, 0.2) is 66.7 Å². The number of benzene rings is 3. The zero-order chi connectivity index (χ0) is 20.6. The lowest BCUT2D eigenvalue weighted by Crippen LogP contribution is -2.42. The number of amides is 4. The molecule has 1 saturated heterocycles. The molecule has 3 aromatic rings. The van der Waals surface area contributed by atoms with E-state index in [4.69, 9.17) is 11.6 Å². The number of rotatable bonds is 4. The Hall–Kier alpha value is -3.38. The van der Waals surface area contributed by atoms with Crippen molar-refractivity contribution < 1.29 is 14.4 Å². The molecule has 1 aliphatic rings. The van der Waals surface area contributed by atoms with E-state index in [1.807, 2.05) is 36.4 Å². The van der Waals surface area contributed by atoms with Gasteiger partial charge in [-0.15, -0.1) is 0 Å². The maximum absolute atomic E-state index is 13.0. The molecule has 0 unspecified atom stereocenters. The van der Waals surface area contributed by atoms with Gasteiger partial charge in [0.2, 0.25) is 5.91 Å². The predicted octanol–water partition coefficient (Wildman–Crippen LogP) is 3.90. The van der Waals surface area contributed by atoms with Crippen LogP contribution in [0.5, 0.6) is 0 Å². The summed E-state index contributed by atoms with van der Waals surface area (Å²) < 4.78 is 0. The van der Waals surface area contributed by atoms with Crippen LogP contribution in [0.25, 0.3) is 10.8 Å². The summed E-state index contributed by atoms with van der Waals surface area (Å²) in [4.78, 5) is 38.8. The molecule has 0 aliphatic carbocycles. The van der Waals surface area contributed by atoms with E-state index in [1.54, 1.807) is 37.3 Å². The molecular formula is C22H18ClN3O3. The third kappa shape index (κ3) is 3.43. The Balaban J connectivity index is 1.51. The summed E-state index contributed by atoms with van der Waals surface area (Å²) in [6, 6.07) is 19.5. The number of urea groups is 1. The Morgan fingerprint density at radius 3 is 2.48 bits per heavy atom. The van der Waals surface area contributed by atoms with Gasteiger partial charge in [0, 0.05) is 16.3 Å². The van der Waals surface area contributed by atoms with Crippen LogP contribution >= 0.6 is 11.6 Å². The zero-order valence-electron chi connectivity index (χ0n) is 15.6. The summed E-state index contributed by atoms with van der Waals surface area (Å²) in [5.41, 5.74) is -0.245. The van der Waals surface area contributed by atoms with Gasteiger partial charge in [-0.3, -0.25) is 14.5 Å². The molecule has 4 rings (SSSR count). The molecule has 7 heteroatoms. The highest BCUT2D eigenvalue weighted by Crippen LogP contribution is 2.33. The van der Waals surface area contributed by atoms with Gasteiger partial charge >= 0.3 is 6.03 Å². The number of imide groups is 1. The second-order valence-corrected chi connectivity index (χ2v) is 7.44. The highest BCUT2D eigenvalue weighted by molar-refractivity contribution is 6.32. The number of nitrogens with zero attached hydrogens (tertiary/aromatic N) is 1. The number of fused-ring (bicyclic) bond motifs is 1. The molecule has 1 heterocycles. The van der Waals surface area contributed by atoms with Crippen molar-refractivity contribution in [3.63, 3.8) is 0 Å². The summed E-state index contributed by atoms with van der Waals surface area (Å²) in [5.74, 6) is -0.989. The third-order valence-electron chi connectivity index (χ3n) is 5.02. The van der Waals surface area contributed by atoms with Gasteiger partial charge in [-0.05, 0) is 35.9 Å². The van der Waals surface area contributed by atoms with Crippen molar-refractivity contribution in [2.45, 2.75) is 12.5 Å². The van der Waals surface area contributed by atoms with Gasteiger partial charge < -0.3 is 10.6 Å². The van der Waals surface area contributed by atoms with Gasteiger partial charge in [-0.25, -0.2) is 4.79 Å². The SMILES string of the molecule is C[C@@]1(c2ccccc2Cl)NC(=O)N(CC(=O)Nc2ccc3ccccc3c2)C1=O. The Kier molecular flexibility index (Phi) is 4.72. The largest absolute Gasteiger partial charge is 0.325 e.